The molecule has 1 amide bonds. The van der Waals surface area contributed by atoms with Crippen molar-refractivity contribution in [2.75, 3.05) is 18.6 Å². The summed E-state index contributed by atoms with van der Waals surface area (Å²) in [5.74, 6) is 0.632. The van der Waals surface area contributed by atoms with Gasteiger partial charge in [-0.15, -0.1) is 12.6 Å². The first kappa shape index (κ1) is 14.3. The van der Waals surface area contributed by atoms with Gasteiger partial charge in [0.1, 0.15) is 0 Å². The molecular formula is C12H17NO2S2. The van der Waals surface area contributed by atoms with Crippen LogP contribution in [-0.4, -0.2) is 28.7 Å². The number of carbonyl (C=O) groups excluding carboxylic acids is 1. The van der Waals surface area contributed by atoms with Gasteiger partial charge in [0.25, 0.3) is 0 Å². The highest BCUT2D eigenvalue weighted by Gasteiger charge is 2.02. The molecule has 1 atom stereocenters. The predicted molar refractivity (Wildman–Crippen MR) is 74.0 cm³/mol. The van der Waals surface area contributed by atoms with E-state index in [1.165, 1.54) is 0 Å². The van der Waals surface area contributed by atoms with Crippen molar-refractivity contribution >= 4 is 29.3 Å². The molecule has 0 aliphatic rings. The first-order chi connectivity index (χ1) is 8.08. The summed E-state index contributed by atoms with van der Waals surface area (Å²) in [4.78, 5) is 12.4. The minimum atomic E-state index is -0.781. The second-order valence-corrected chi connectivity index (χ2v) is 5.90. The van der Waals surface area contributed by atoms with E-state index in [0.717, 1.165) is 16.9 Å². The molecule has 0 radical (unpaired) electrons. The van der Waals surface area contributed by atoms with Gasteiger partial charge in [-0.25, -0.2) is 0 Å². The number of carbonyl (C=O) groups is 1. The molecule has 1 N–H and O–H groups in total. The van der Waals surface area contributed by atoms with Crippen molar-refractivity contribution in [1.29, 1.82) is 0 Å². The van der Waals surface area contributed by atoms with Gasteiger partial charge in [0.05, 0.1) is 6.42 Å². The third kappa shape index (κ3) is 6.48. The lowest BCUT2D eigenvalue weighted by molar-refractivity contribution is -0.120. The molecule has 5 heteroatoms. The summed E-state index contributed by atoms with van der Waals surface area (Å²) in [5, 5.41) is 2.81. The second kappa shape index (κ2) is 7.50. The molecule has 0 aromatic heterocycles. The fraction of sp³-hybridized carbons (Fsp3) is 0.417. The van der Waals surface area contributed by atoms with Crippen LogP contribution in [0, 0.1) is 0 Å². The SMILES string of the molecule is CS(=O)CCCNC(=O)Cc1ccc(S)cc1. The first-order valence-corrected chi connectivity index (χ1v) is 7.60. The van der Waals surface area contributed by atoms with Gasteiger partial charge in [-0.1, -0.05) is 12.1 Å². The van der Waals surface area contributed by atoms with Crippen molar-refractivity contribution < 1.29 is 9.00 Å². The molecule has 0 bridgehead atoms. The number of amides is 1. The molecule has 1 aromatic rings. The second-order valence-electron chi connectivity index (χ2n) is 3.82. The topological polar surface area (TPSA) is 46.2 Å². The molecular weight excluding hydrogens is 254 g/mol. The summed E-state index contributed by atoms with van der Waals surface area (Å²) < 4.78 is 10.8. The van der Waals surface area contributed by atoms with E-state index >= 15 is 0 Å². The van der Waals surface area contributed by atoms with Crippen LogP contribution in [0.2, 0.25) is 0 Å². The number of thiol groups is 1. The van der Waals surface area contributed by atoms with Gasteiger partial charge in [0.2, 0.25) is 5.91 Å². The quantitative estimate of drug-likeness (QED) is 0.607. The van der Waals surface area contributed by atoms with Gasteiger partial charge in [0, 0.05) is 34.2 Å². The molecule has 0 heterocycles. The Kier molecular flexibility index (Phi) is 6.29. The smallest absolute Gasteiger partial charge is 0.224 e. The van der Waals surface area contributed by atoms with Crippen molar-refractivity contribution in [3.63, 3.8) is 0 Å². The number of hydrogen-bond donors (Lipinski definition) is 2. The molecule has 1 aromatic carbocycles. The van der Waals surface area contributed by atoms with Crippen molar-refractivity contribution in [2.24, 2.45) is 0 Å². The maximum atomic E-state index is 11.5. The van der Waals surface area contributed by atoms with Crippen LogP contribution in [-0.2, 0) is 22.0 Å². The van der Waals surface area contributed by atoms with Crippen LogP contribution in [0.4, 0.5) is 0 Å². The summed E-state index contributed by atoms with van der Waals surface area (Å²) in [5.41, 5.74) is 0.972. The molecule has 1 unspecified atom stereocenters. The molecule has 94 valence electrons. The summed E-state index contributed by atoms with van der Waals surface area (Å²) in [6, 6.07) is 7.52. The summed E-state index contributed by atoms with van der Waals surface area (Å²) in [7, 11) is -0.781. The Morgan fingerprint density at radius 1 is 1.35 bits per heavy atom. The van der Waals surface area contributed by atoms with Crippen LogP contribution < -0.4 is 5.32 Å². The van der Waals surface area contributed by atoms with Gasteiger partial charge >= 0.3 is 0 Å². The molecule has 0 aliphatic carbocycles. The highest BCUT2D eigenvalue weighted by molar-refractivity contribution is 7.84. The predicted octanol–water partition coefficient (Wildman–Crippen LogP) is 1.40. The average Bonchev–Trinajstić information content (AvgIpc) is 2.27. The molecule has 0 aliphatic heterocycles. The Morgan fingerprint density at radius 2 is 2.00 bits per heavy atom. The number of benzene rings is 1. The van der Waals surface area contributed by atoms with Gasteiger partial charge in [-0.3, -0.25) is 9.00 Å². The van der Waals surface area contributed by atoms with E-state index in [1.807, 2.05) is 24.3 Å². The molecule has 0 saturated heterocycles. The maximum Gasteiger partial charge on any atom is 0.224 e. The van der Waals surface area contributed by atoms with Gasteiger partial charge in [-0.05, 0) is 24.1 Å². The molecule has 1 rings (SSSR count). The highest BCUT2D eigenvalue weighted by Crippen LogP contribution is 2.08. The van der Waals surface area contributed by atoms with Gasteiger partial charge < -0.3 is 5.32 Å². The molecule has 0 fully saturated rings. The van der Waals surface area contributed by atoms with Crippen LogP contribution >= 0.6 is 12.6 Å². The standard InChI is InChI=1S/C12H17NO2S2/c1-17(15)8-2-7-13-12(14)9-10-3-5-11(16)6-4-10/h3-6,16H,2,7-9H2,1H3,(H,13,14). The normalized spacial score (nSPS) is 12.1. The Bertz CT molecular complexity index is 390. The lowest BCUT2D eigenvalue weighted by Gasteiger charge is -2.04. The Labute approximate surface area is 110 Å². The fourth-order valence-corrected chi connectivity index (χ4v) is 2.06. The number of rotatable bonds is 6. The van der Waals surface area contributed by atoms with Crippen molar-refractivity contribution in [3.05, 3.63) is 29.8 Å². The highest BCUT2D eigenvalue weighted by atomic mass is 32.2. The molecule has 0 spiro atoms. The van der Waals surface area contributed by atoms with Crippen LogP contribution in [0.5, 0.6) is 0 Å². The lowest BCUT2D eigenvalue weighted by Crippen LogP contribution is -2.26. The zero-order chi connectivity index (χ0) is 12.7. The Balaban J connectivity index is 2.25. The van der Waals surface area contributed by atoms with Gasteiger partial charge in [-0.2, -0.15) is 0 Å². The lowest BCUT2D eigenvalue weighted by atomic mass is 10.1. The van der Waals surface area contributed by atoms with E-state index in [-0.39, 0.29) is 5.91 Å². The van der Waals surface area contributed by atoms with E-state index in [2.05, 4.69) is 17.9 Å². The van der Waals surface area contributed by atoms with Crippen LogP contribution in [0.25, 0.3) is 0 Å². The van der Waals surface area contributed by atoms with E-state index in [4.69, 9.17) is 0 Å². The monoisotopic (exact) mass is 271 g/mol. The zero-order valence-corrected chi connectivity index (χ0v) is 11.5. The average molecular weight is 271 g/mol. The minimum Gasteiger partial charge on any atom is -0.356 e. The van der Waals surface area contributed by atoms with E-state index < -0.39 is 10.8 Å². The largest absolute Gasteiger partial charge is 0.356 e. The van der Waals surface area contributed by atoms with E-state index in [9.17, 15) is 9.00 Å². The Morgan fingerprint density at radius 3 is 2.59 bits per heavy atom. The summed E-state index contributed by atoms with van der Waals surface area (Å²) in [6.07, 6.45) is 2.80. The molecule has 17 heavy (non-hydrogen) atoms. The summed E-state index contributed by atoms with van der Waals surface area (Å²) in [6.45, 7) is 0.586. The van der Waals surface area contributed by atoms with E-state index in [1.54, 1.807) is 6.26 Å². The van der Waals surface area contributed by atoms with Crippen LogP contribution in [0.1, 0.15) is 12.0 Å². The fourth-order valence-electron chi connectivity index (χ4n) is 1.36. The van der Waals surface area contributed by atoms with Crippen molar-refractivity contribution in [1.82, 2.24) is 5.32 Å². The summed E-state index contributed by atoms with van der Waals surface area (Å²) >= 11 is 4.18. The molecule has 3 nitrogen and oxygen atoms in total. The van der Waals surface area contributed by atoms with Crippen molar-refractivity contribution in [3.8, 4) is 0 Å². The Hall–Kier alpha value is -0.810. The minimum absolute atomic E-state index is 0.00111. The first-order valence-electron chi connectivity index (χ1n) is 5.42. The third-order valence-electron chi connectivity index (χ3n) is 2.23. The number of hydrogen-bond acceptors (Lipinski definition) is 3. The zero-order valence-electron chi connectivity index (χ0n) is 9.81. The van der Waals surface area contributed by atoms with E-state index in [0.29, 0.717) is 18.7 Å². The molecule has 0 saturated carbocycles. The third-order valence-corrected chi connectivity index (χ3v) is 3.39. The van der Waals surface area contributed by atoms with Crippen LogP contribution in [0.3, 0.4) is 0 Å². The van der Waals surface area contributed by atoms with Crippen LogP contribution in [0.15, 0.2) is 29.2 Å². The van der Waals surface area contributed by atoms with Crippen molar-refractivity contribution in [2.45, 2.75) is 17.7 Å². The van der Waals surface area contributed by atoms with Gasteiger partial charge in [0.15, 0.2) is 0 Å². The maximum absolute atomic E-state index is 11.5. The number of nitrogens with one attached hydrogen (secondary N) is 1.